The summed E-state index contributed by atoms with van der Waals surface area (Å²) in [6.45, 7) is 1.81. The zero-order chi connectivity index (χ0) is 15.6. The molecule has 0 atom stereocenters. The van der Waals surface area contributed by atoms with Crippen molar-refractivity contribution >= 4 is 39.7 Å². The monoisotopic (exact) mass is 376 g/mol. The van der Waals surface area contributed by atoms with Crippen molar-refractivity contribution in [2.45, 2.75) is 6.92 Å². The number of halogens is 1. The SMILES string of the molecule is Cc1noc(NP(=O)(c2ccccc2)c2ccccc2)c1Br. The molecule has 0 saturated carbocycles. The van der Waals surface area contributed by atoms with Crippen LogP contribution in [0.1, 0.15) is 5.69 Å². The first-order valence-electron chi connectivity index (χ1n) is 6.72. The molecule has 0 saturated heterocycles. The van der Waals surface area contributed by atoms with Gasteiger partial charge in [-0.1, -0.05) is 41.6 Å². The molecular formula is C16H14BrN2O2P. The standard InChI is InChI=1S/C16H14BrN2O2P/c1-12-15(17)16(21-18-12)19-22(20,13-8-4-2-5-9-13)14-10-6-3-7-11-14/h2-11H,1H3,(H,19,20). The third-order valence-electron chi connectivity index (χ3n) is 3.29. The Kier molecular flexibility index (Phi) is 4.19. The number of rotatable bonds is 4. The van der Waals surface area contributed by atoms with Crippen molar-refractivity contribution in [3.63, 3.8) is 0 Å². The zero-order valence-corrected chi connectivity index (χ0v) is 14.3. The molecule has 0 amide bonds. The largest absolute Gasteiger partial charge is 0.337 e. The molecule has 0 fully saturated rings. The third kappa shape index (κ3) is 2.74. The fraction of sp³-hybridized carbons (Fsp3) is 0.0625. The zero-order valence-electron chi connectivity index (χ0n) is 11.9. The van der Waals surface area contributed by atoms with Crippen LogP contribution in [0.15, 0.2) is 69.7 Å². The summed E-state index contributed by atoms with van der Waals surface area (Å²) in [4.78, 5) is 0. The van der Waals surface area contributed by atoms with Crippen molar-refractivity contribution in [1.82, 2.24) is 5.16 Å². The van der Waals surface area contributed by atoms with Crippen LogP contribution in [-0.2, 0) is 4.57 Å². The van der Waals surface area contributed by atoms with E-state index >= 15 is 0 Å². The second-order valence-corrected chi connectivity index (χ2v) is 8.07. The highest BCUT2D eigenvalue weighted by Gasteiger charge is 2.29. The Morgan fingerprint density at radius 2 is 1.50 bits per heavy atom. The van der Waals surface area contributed by atoms with Crippen LogP contribution in [0.3, 0.4) is 0 Å². The third-order valence-corrected chi connectivity index (χ3v) is 6.79. The fourth-order valence-corrected chi connectivity index (χ4v) is 4.70. The molecule has 0 aliphatic rings. The van der Waals surface area contributed by atoms with Crippen molar-refractivity contribution < 1.29 is 9.09 Å². The highest BCUT2D eigenvalue weighted by Crippen LogP contribution is 2.45. The van der Waals surface area contributed by atoms with E-state index in [1.807, 2.05) is 67.6 Å². The summed E-state index contributed by atoms with van der Waals surface area (Å²) in [6, 6.07) is 18.6. The van der Waals surface area contributed by atoms with Crippen LogP contribution in [-0.4, -0.2) is 5.16 Å². The van der Waals surface area contributed by atoms with Crippen LogP contribution >= 0.6 is 23.2 Å². The molecule has 0 unspecified atom stereocenters. The van der Waals surface area contributed by atoms with Crippen LogP contribution in [0, 0.1) is 6.92 Å². The molecule has 0 aliphatic heterocycles. The first-order chi connectivity index (χ1) is 10.6. The number of benzene rings is 2. The lowest BCUT2D eigenvalue weighted by molar-refractivity contribution is 0.430. The molecule has 3 aromatic rings. The van der Waals surface area contributed by atoms with E-state index in [2.05, 4.69) is 26.2 Å². The number of aryl methyl sites for hydroxylation is 1. The molecular weight excluding hydrogens is 363 g/mol. The summed E-state index contributed by atoms with van der Waals surface area (Å²) >= 11 is 3.41. The molecule has 1 N–H and O–H groups in total. The van der Waals surface area contributed by atoms with Gasteiger partial charge in [0.2, 0.25) is 13.2 Å². The molecule has 6 heteroatoms. The second-order valence-electron chi connectivity index (χ2n) is 4.80. The van der Waals surface area contributed by atoms with Crippen molar-refractivity contribution in [1.29, 1.82) is 0 Å². The Morgan fingerprint density at radius 1 is 1.00 bits per heavy atom. The first kappa shape index (κ1) is 15.1. The predicted molar refractivity (Wildman–Crippen MR) is 92.3 cm³/mol. The van der Waals surface area contributed by atoms with Crippen molar-refractivity contribution in [3.8, 4) is 0 Å². The summed E-state index contributed by atoms with van der Waals surface area (Å²) in [5, 5.41) is 8.36. The van der Waals surface area contributed by atoms with Gasteiger partial charge in [0.05, 0.1) is 5.69 Å². The molecule has 1 aromatic heterocycles. The molecule has 0 aliphatic carbocycles. The van der Waals surface area contributed by atoms with Gasteiger partial charge in [0.15, 0.2) is 0 Å². The van der Waals surface area contributed by atoms with Crippen molar-refractivity contribution in [2.24, 2.45) is 0 Å². The summed E-state index contributed by atoms with van der Waals surface area (Å²) in [5.41, 5.74) is 0.704. The van der Waals surface area contributed by atoms with E-state index in [1.54, 1.807) is 0 Å². The Balaban J connectivity index is 2.12. The van der Waals surface area contributed by atoms with Crippen LogP contribution in [0.4, 0.5) is 5.88 Å². The van der Waals surface area contributed by atoms with Gasteiger partial charge in [-0.25, -0.2) is 0 Å². The fourth-order valence-electron chi connectivity index (χ4n) is 2.13. The number of anilines is 1. The number of aromatic nitrogens is 1. The maximum absolute atomic E-state index is 13.7. The Morgan fingerprint density at radius 3 is 1.91 bits per heavy atom. The summed E-state index contributed by atoms with van der Waals surface area (Å²) in [5.74, 6) is 0.369. The summed E-state index contributed by atoms with van der Waals surface area (Å²) in [6.07, 6.45) is 0. The minimum Gasteiger partial charge on any atom is -0.337 e. The van der Waals surface area contributed by atoms with Gasteiger partial charge in [0.25, 0.3) is 0 Å². The summed E-state index contributed by atoms with van der Waals surface area (Å²) < 4.78 is 19.7. The maximum atomic E-state index is 13.7. The van der Waals surface area contributed by atoms with Gasteiger partial charge < -0.3 is 4.52 Å². The lowest BCUT2D eigenvalue weighted by Crippen LogP contribution is -2.21. The Labute approximate surface area is 137 Å². The highest BCUT2D eigenvalue weighted by atomic mass is 79.9. The minimum atomic E-state index is -3.07. The van der Waals surface area contributed by atoms with Crippen molar-refractivity contribution in [3.05, 3.63) is 70.8 Å². The summed E-state index contributed by atoms with van der Waals surface area (Å²) in [7, 11) is -3.07. The van der Waals surface area contributed by atoms with E-state index < -0.39 is 7.29 Å². The Bertz CT molecular complexity index is 775. The number of nitrogens with zero attached hydrogens (tertiary/aromatic N) is 1. The van der Waals surface area contributed by atoms with Gasteiger partial charge in [-0.2, -0.15) is 0 Å². The number of nitrogens with one attached hydrogen (secondary N) is 1. The highest BCUT2D eigenvalue weighted by molar-refractivity contribution is 9.10. The van der Waals surface area contributed by atoms with Gasteiger partial charge in [-0.3, -0.25) is 9.65 Å². The predicted octanol–water partition coefficient (Wildman–Crippen LogP) is 4.09. The number of hydrogen-bond acceptors (Lipinski definition) is 3. The molecule has 3 rings (SSSR count). The second kappa shape index (κ2) is 6.11. The van der Waals surface area contributed by atoms with Crippen molar-refractivity contribution in [2.75, 3.05) is 5.09 Å². The van der Waals surface area contributed by atoms with Gasteiger partial charge in [-0.05, 0) is 47.1 Å². The van der Waals surface area contributed by atoms with Gasteiger partial charge >= 0.3 is 0 Å². The smallest absolute Gasteiger partial charge is 0.245 e. The van der Waals surface area contributed by atoms with Gasteiger partial charge in [0.1, 0.15) is 4.47 Å². The average Bonchev–Trinajstić information content (AvgIpc) is 2.88. The molecule has 0 radical (unpaired) electrons. The van der Waals surface area contributed by atoms with E-state index in [0.29, 0.717) is 26.7 Å². The Hall–Kier alpha value is -1.84. The van der Waals surface area contributed by atoms with E-state index in [1.165, 1.54) is 0 Å². The van der Waals surface area contributed by atoms with E-state index in [4.69, 9.17) is 4.52 Å². The van der Waals surface area contributed by atoms with E-state index in [9.17, 15) is 4.57 Å². The first-order valence-corrected chi connectivity index (χ1v) is 9.22. The lowest BCUT2D eigenvalue weighted by Gasteiger charge is -2.19. The van der Waals surface area contributed by atoms with Gasteiger partial charge in [-0.15, -0.1) is 0 Å². The molecule has 22 heavy (non-hydrogen) atoms. The average molecular weight is 377 g/mol. The van der Waals surface area contributed by atoms with Crippen LogP contribution in [0.5, 0.6) is 0 Å². The molecule has 112 valence electrons. The maximum Gasteiger partial charge on any atom is 0.245 e. The topological polar surface area (TPSA) is 55.1 Å². The molecule has 0 bridgehead atoms. The lowest BCUT2D eigenvalue weighted by atomic mass is 10.4. The minimum absolute atomic E-state index is 0.369. The quantitative estimate of drug-likeness (QED) is 0.696. The number of hydrogen-bond donors (Lipinski definition) is 1. The molecule has 1 heterocycles. The van der Waals surface area contributed by atoms with Crippen LogP contribution in [0.25, 0.3) is 0 Å². The molecule has 0 spiro atoms. The molecule has 4 nitrogen and oxygen atoms in total. The molecule has 2 aromatic carbocycles. The normalized spacial score (nSPS) is 11.4. The van der Waals surface area contributed by atoms with Crippen LogP contribution < -0.4 is 15.7 Å². The van der Waals surface area contributed by atoms with E-state index in [-0.39, 0.29) is 0 Å². The van der Waals surface area contributed by atoms with Gasteiger partial charge in [0, 0.05) is 10.6 Å². The van der Waals surface area contributed by atoms with Crippen LogP contribution in [0.2, 0.25) is 0 Å². The van der Waals surface area contributed by atoms with E-state index in [0.717, 1.165) is 0 Å².